The molecular formula is C20H30N3O16P. The molecule has 1 aromatic rings. The quantitative estimate of drug-likeness (QED) is 0.112. The van der Waals surface area contributed by atoms with Gasteiger partial charge in [-0.25, -0.2) is 9.59 Å². The molecule has 0 saturated carbocycles. The Morgan fingerprint density at radius 3 is 2.48 bits per heavy atom. The number of hydrogen-bond acceptors (Lipinski definition) is 14. The number of hydrogen-bond donors (Lipinski definition) is 10. The number of amides is 1. The molecule has 3 rings (SSSR count). The molecule has 3 heterocycles. The van der Waals surface area contributed by atoms with E-state index >= 15 is 0 Å². The first-order chi connectivity index (χ1) is 18.6. The van der Waals surface area contributed by atoms with Crippen LogP contribution in [0.4, 0.5) is 0 Å². The fourth-order valence-electron chi connectivity index (χ4n) is 4.44. The van der Waals surface area contributed by atoms with E-state index in [4.69, 9.17) is 14.0 Å². The van der Waals surface area contributed by atoms with E-state index in [9.17, 15) is 64.4 Å². The number of rotatable bonds is 10. The fraction of sp³-hybridized carbons (Fsp3) is 0.700. The Morgan fingerprint density at radius 1 is 1.27 bits per heavy atom. The molecule has 0 aliphatic carbocycles. The van der Waals surface area contributed by atoms with Crippen LogP contribution in [0, 0.1) is 0 Å². The van der Waals surface area contributed by atoms with Gasteiger partial charge in [-0.3, -0.25) is 23.7 Å². The number of nitrogens with zero attached hydrogens (tertiary/aromatic N) is 1. The van der Waals surface area contributed by atoms with Crippen molar-refractivity contribution < 1.29 is 68.8 Å². The summed E-state index contributed by atoms with van der Waals surface area (Å²) in [6, 6.07) is -0.683. The lowest BCUT2D eigenvalue weighted by molar-refractivity contribution is -0.212. The number of carbonyl (C=O) groups excluding carboxylic acids is 1. The Morgan fingerprint density at radius 2 is 1.93 bits per heavy atom. The van der Waals surface area contributed by atoms with Gasteiger partial charge in [-0.05, 0) is 0 Å². The average molecular weight is 599 g/mol. The number of H-pyrrole nitrogens is 1. The van der Waals surface area contributed by atoms with Crippen molar-refractivity contribution >= 4 is 19.5 Å². The number of carboxylic acid groups (broad SMARTS) is 1. The molecule has 40 heavy (non-hydrogen) atoms. The Bertz CT molecular complexity index is 1250. The Kier molecular flexibility index (Phi) is 9.70. The van der Waals surface area contributed by atoms with Gasteiger partial charge in [-0.2, -0.15) is 0 Å². The van der Waals surface area contributed by atoms with Gasteiger partial charge < -0.3 is 60.0 Å². The van der Waals surface area contributed by atoms with Crippen molar-refractivity contribution in [2.45, 2.75) is 73.7 Å². The smallest absolute Gasteiger partial charge is 0.371 e. The zero-order chi connectivity index (χ0) is 30.2. The van der Waals surface area contributed by atoms with Crippen molar-refractivity contribution in [1.82, 2.24) is 14.9 Å². The van der Waals surface area contributed by atoms with E-state index in [0.29, 0.717) is 4.57 Å². The maximum Gasteiger partial charge on any atom is 0.371 e. The van der Waals surface area contributed by atoms with Crippen molar-refractivity contribution in [3.05, 3.63) is 33.1 Å². The summed E-state index contributed by atoms with van der Waals surface area (Å²) in [4.78, 5) is 59.9. The third kappa shape index (κ3) is 6.04. The second-order valence-corrected chi connectivity index (χ2v) is 11.3. The largest absolute Gasteiger partial charge is 0.479 e. The zero-order valence-electron chi connectivity index (χ0n) is 20.7. The predicted octanol–water partition coefficient (Wildman–Crippen LogP) is -5.49. The monoisotopic (exact) mass is 599 g/mol. The molecule has 0 spiro atoms. The molecule has 226 valence electrons. The van der Waals surface area contributed by atoms with Crippen molar-refractivity contribution in [3.8, 4) is 0 Å². The Balaban J connectivity index is 1.87. The van der Waals surface area contributed by atoms with Crippen LogP contribution in [0.5, 0.6) is 0 Å². The number of aliphatic hydroxyl groups excluding tert-OH is 6. The van der Waals surface area contributed by atoms with E-state index in [1.807, 2.05) is 4.98 Å². The van der Waals surface area contributed by atoms with Crippen LogP contribution in [0.25, 0.3) is 0 Å². The molecule has 0 radical (unpaired) electrons. The topological polar surface area (TPSA) is 308 Å². The number of carbonyl (C=O) groups is 2. The minimum atomic E-state index is -5.61. The number of aromatic amines is 1. The standard InChI is InChI=1S/C20H30N3O16P/c1-7(25)21-12-8(26)4-20(18(32)33,39-16(12)13(29)9(27)5-24)40(35,36)37-6-10-14(30)15(31)17(38-10)23-3-2-11(28)22-19(23)34/h2-3,8-10,12-17,24,26-27,29-31H,4-6H2,1H3,(H,21,25)(H,32,33)(H,35,36)(H,22,28,34)/t8-,9+,10+,12+,13+,14+,15+,16+,17+,20+/m0/s1. The lowest BCUT2D eigenvalue weighted by atomic mass is 9.89. The highest BCUT2D eigenvalue weighted by Crippen LogP contribution is 2.61. The van der Waals surface area contributed by atoms with Gasteiger partial charge >= 0.3 is 19.3 Å². The van der Waals surface area contributed by atoms with Crippen LogP contribution in [-0.2, 0) is 28.2 Å². The lowest BCUT2D eigenvalue weighted by Crippen LogP contribution is -2.67. The van der Waals surface area contributed by atoms with Crippen molar-refractivity contribution in [1.29, 1.82) is 0 Å². The lowest BCUT2D eigenvalue weighted by Gasteiger charge is -2.47. The van der Waals surface area contributed by atoms with Crippen LogP contribution < -0.4 is 16.6 Å². The molecule has 0 bridgehead atoms. The van der Waals surface area contributed by atoms with Gasteiger partial charge in [0.05, 0.1) is 25.4 Å². The van der Waals surface area contributed by atoms with E-state index in [1.165, 1.54) is 0 Å². The molecule has 2 aliphatic rings. The van der Waals surface area contributed by atoms with Crippen LogP contribution >= 0.6 is 7.60 Å². The molecule has 19 nitrogen and oxygen atoms in total. The third-order valence-electron chi connectivity index (χ3n) is 6.54. The molecule has 1 aromatic heterocycles. The van der Waals surface area contributed by atoms with Crippen LogP contribution in [0.1, 0.15) is 19.6 Å². The normalized spacial score (nSPS) is 35.5. The van der Waals surface area contributed by atoms with E-state index in [2.05, 4.69) is 5.32 Å². The van der Waals surface area contributed by atoms with Crippen LogP contribution in [-0.4, -0.2) is 129 Å². The molecule has 1 unspecified atom stereocenters. The van der Waals surface area contributed by atoms with E-state index in [0.717, 1.165) is 19.2 Å². The summed E-state index contributed by atoms with van der Waals surface area (Å²) in [7, 11) is -5.61. The van der Waals surface area contributed by atoms with Crippen molar-refractivity contribution in [2.24, 2.45) is 0 Å². The van der Waals surface area contributed by atoms with Gasteiger partial charge in [0.25, 0.3) is 10.9 Å². The summed E-state index contributed by atoms with van der Waals surface area (Å²) in [6.45, 7) is -1.14. The van der Waals surface area contributed by atoms with E-state index in [-0.39, 0.29) is 0 Å². The molecule has 2 fully saturated rings. The zero-order valence-corrected chi connectivity index (χ0v) is 21.6. The SMILES string of the molecule is CC(=O)N[C@H]1[C@H]([C@H](O)[C@H](O)CO)O[C@@](C(=O)O)(P(=O)(O)OC[C@H]2O[C@@H](n3ccc(=O)[nH]c3=O)[C@H](O)[C@@H]2O)C[C@@H]1O. The molecule has 2 saturated heterocycles. The summed E-state index contributed by atoms with van der Waals surface area (Å²) in [5.41, 5.74) is -1.78. The first kappa shape index (κ1) is 32.0. The first-order valence-corrected chi connectivity index (χ1v) is 13.3. The number of aromatic nitrogens is 2. The highest BCUT2D eigenvalue weighted by molar-refractivity contribution is 7.55. The Hall–Kier alpha value is -2.55. The van der Waals surface area contributed by atoms with Gasteiger partial charge in [0.2, 0.25) is 5.91 Å². The minimum absolute atomic E-state index is 0.716. The molecule has 1 amide bonds. The molecule has 11 atom stereocenters. The maximum absolute atomic E-state index is 13.3. The van der Waals surface area contributed by atoms with Gasteiger partial charge in [0.1, 0.15) is 36.6 Å². The van der Waals surface area contributed by atoms with Gasteiger partial charge in [-0.15, -0.1) is 0 Å². The van der Waals surface area contributed by atoms with Crippen LogP contribution in [0.15, 0.2) is 21.9 Å². The van der Waals surface area contributed by atoms with E-state index in [1.54, 1.807) is 0 Å². The van der Waals surface area contributed by atoms with Gasteiger partial charge in [-0.1, -0.05) is 0 Å². The highest BCUT2D eigenvalue weighted by Gasteiger charge is 2.65. The molecular weight excluding hydrogens is 569 g/mol. The number of nitrogens with one attached hydrogen (secondary N) is 2. The highest BCUT2D eigenvalue weighted by atomic mass is 31.2. The molecule has 2 aliphatic heterocycles. The fourth-order valence-corrected chi connectivity index (χ4v) is 5.91. The number of aliphatic hydroxyl groups is 6. The average Bonchev–Trinajstić information content (AvgIpc) is 3.15. The molecule has 0 aromatic carbocycles. The maximum atomic E-state index is 13.3. The first-order valence-electron chi connectivity index (χ1n) is 11.7. The van der Waals surface area contributed by atoms with Gasteiger partial charge in [0.15, 0.2) is 6.23 Å². The molecule has 10 N–H and O–H groups in total. The molecule has 20 heteroatoms. The summed E-state index contributed by atoms with van der Waals surface area (Å²) < 4.78 is 29.6. The van der Waals surface area contributed by atoms with Crippen LogP contribution in [0.3, 0.4) is 0 Å². The van der Waals surface area contributed by atoms with Crippen LogP contribution in [0.2, 0.25) is 0 Å². The second-order valence-electron chi connectivity index (χ2n) is 9.29. The van der Waals surface area contributed by atoms with Crippen molar-refractivity contribution in [3.63, 3.8) is 0 Å². The number of aliphatic carboxylic acids is 1. The van der Waals surface area contributed by atoms with Gasteiger partial charge in [0, 0.05) is 25.6 Å². The summed E-state index contributed by atoms with van der Waals surface area (Å²) in [6.07, 6.45) is -15.3. The third-order valence-corrected chi connectivity index (χ3v) is 8.43. The van der Waals surface area contributed by atoms with E-state index < -0.39 is 111 Å². The number of ether oxygens (including phenoxy) is 2. The number of carboxylic acids is 1. The summed E-state index contributed by atoms with van der Waals surface area (Å²) >= 11 is 0. The summed E-state index contributed by atoms with van der Waals surface area (Å²) in [5, 5.41) is 69.6. The second kappa shape index (κ2) is 12.1. The predicted molar refractivity (Wildman–Crippen MR) is 126 cm³/mol. The minimum Gasteiger partial charge on any atom is -0.479 e. The Labute approximate surface area is 223 Å². The van der Waals surface area contributed by atoms with Crippen molar-refractivity contribution in [2.75, 3.05) is 13.2 Å². The summed E-state index contributed by atoms with van der Waals surface area (Å²) in [5.74, 6) is -2.93.